The number of nitrogens with zero attached hydrogens (tertiary/aromatic N) is 1. The number of benzene rings is 2. The third-order valence-electron chi connectivity index (χ3n) is 2.80. The summed E-state index contributed by atoms with van der Waals surface area (Å²) in [5.74, 6) is 0.261. The molecule has 99 valence electrons. The van der Waals surface area contributed by atoms with Crippen LogP contribution in [0.15, 0.2) is 75.2 Å². The first-order valence-electron chi connectivity index (χ1n) is 5.90. The van der Waals surface area contributed by atoms with Gasteiger partial charge in [-0.25, -0.2) is 13.4 Å². The highest BCUT2D eigenvalue weighted by Gasteiger charge is 2.23. The van der Waals surface area contributed by atoms with Crippen LogP contribution < -0.4 is 0 Å². The monoisotopic (exact) mass is 284 g/mol. The van der Waals surface area contributed by atoms with Crippen LogP contribution in [-0.2, 0) is 9.84 Å². The predicted octanol–water partition coefficient (Wildman–Crippen LogP) is 2.97. The van der Waals surface area contributed by atoms with Crippen molar-refractivity contribution in [2.24, 2.45) is 0 Å². The average molecular weight is 284 g/mol. The molecule has 0 amide bonds. The first-order chi connectivity index (χ1) is 9.69. The molecule has 0 saturated heterocycles. The Bertz CT molecular complexity index is 809. The van der Waals surface area contributed by atoms with Gasteiger partial charge in [0.05, 0.1) is 21.6 Å². The van der Waals surface area contributed by atoms with E-state index >= 15 is 0 Å². The van der Waals surface area contributed by atoms with E-state index in [1.807, 2.05) is 0 Å². The van der Waals surface area contributed by atoms with Gasteiger partial charge in [0.1, 0.15) is 6.26 Å². The topological polar surface area (TPSA) is 60.2 Å². The molecular weight excluding hydrogens is 274 g/mol. The molecule has 1 heterocycles. The van der Waals surface area contributed by atoms with E-state index < -0.39 is 9.84 Å². The Labute approximate surface area is 116 Å². The zero-order valence-electron chi connectivity index (χ0n) is 10.4. The molecule has 0 saturated carbocycles. The fourth-order valence-electron chi connectivity index (χ4n) is 1.89. The van der Waals surface area contributed by atoms with Gasteiger partial charge in [0, 0.05) is 6.07 Å². The van der Waals surface area contributed by atoms with Crippen molar-refractivity contribution in [3.05, 3.63) is 67.1 Å². The van der Waals surface area contributed by atoms with Crippen molar-refractivity contribution in [1.82, 2.24) is 4.98 Å². The van der Waals surface area contributed by atoms with E-state index in [2.05, 4.69) is 11.1 Å². The van der Waals surface area contributed by atoms with Crippen LogP contribution in [0.4, 0.5) is 0 Å². The third-order valence-corrected chi connectivity index (χ3v) is 4.57. The minimum absolute atomic E-state index is 0.0636. The minimum Gasteiger partial charge on any atom is -0.444 e. The Morgan fingerprint density at radius 1 is 1.05 bits per heavy atom. The van der Waals surface area contributed by atoms with Crippen molar-refractivity contribution in [2.75, 3.05) is 0 Å². The standard InChI is InChI=1S/C15H10NO3S/c17-20(18,12-6-2-1-3-7-12)14-9-5-4-8-13(14)15-16-10-11-19-15/h1-8,10-11H. The fraction of sp³-hybridized carbons (Fsp3) is 0. The van der Waals surface area contributed by atoms with Crippen molar-refractivity contribution in [1.29, 1.82) is 0 Å². The molecule has 0 N–H and O–H groups in total. The van der Waals surface area contributed by atoms with E-state index in [1.54, 1.807) is 48.5 Å². The summed E-state index contributed by atoms with van der Waals surface area (Å²) in [6, 6.07) is 15.9. The van der Waals surface area contributed by atoms with Crippen LogP contribution in [0.25, 0.3) is 11.5 Å². The van der Waals surface area contributed by atoms with Gasteiger partial charge in [-0.1, -0.05) is 30.3 Å². The van der Waals surface area contributed by atoms with Gasteiger partial charge < -0.3 is 4.42 Å². The molecule has 0 aliphatic heterocycles. The maximum atomic E-state index is 12.6. The highest BCUT2D eigenvalue weighted by molar-refractivity contribution is 7.91. The summed E-state index contributed by atoms with van der Waals surface area (Å²) in [4.78, 5) is 4.28. The quantitative estimate of drug-likeness (QED) is 0.742. The zero-order chi connectivity index (χ0) is 14.0. The van der Waals surface area contributed by atoms with Crippen LogP contribution in [0.2, 0.25) is 0 Å². The number of oxazole rings is 1. The summed E-state index contributed by atoms with van der Waals surface area (Å²) >= 11 is 0. The van der Waals surface area contributed by atoms with E-state index in [9.17, 15) is 8.42 Å². The van der Waals surface area contributed by atoms with Crippen molar-refractivity contribution in [3.63, 3.8) is 0 Å². The van der Waals surface area contributed by atoms with Gasteiger partial charge in [0.25, 0.3) is 0 Å². The Kier molecular flexibility index (Phi) is 3.12. The molecule has 2 aromatic carbocycles. The van der Waals surface area contributed by atoms with Gasteiger partial charge in [0.15, 0.2) is 0 Å². The van der Waals surface area contributed by atoms with Gasteiger partial charge in [-0.05, 0) is 18.2 Å². The summed E-state index contributed by atoms with van der Waals surface area (Å²) < 4.78 is 30.5. The van der Waals surface area contributed by atoms with E-state index in [4.69, 9.17) is 4.42 Å². The molecule has 5 heteroatoms. The largest absolute Gasteiger partial charge is 0.444 e. The number of rotatable bonds is 3. The van der Waals surface area contributed by atoms with E-state index in [0.29, 0.717) is 5.56 Å². The van der Waals surface area contributed by atoms with E-state index in [-0.39, 0.29) is 15.7 Å². The molecule has 0 fully saturated rings. The molecule has 1 radical (unpaired) electrons. The maximum absolute atomic E-state index is 12.6. The molecule has 0 atom stereocenters. The van der Waals surface area contributed by atoms with Crippen molar-refractivity contribution < 1.29 is 12.8 Å². The lowest BCUT2D eigenvalue weighted by Crippen LogP contribution is -2.04. The number of hydrogen-bond acceptors (Lipinski definition) is 4. The minimum atomic E-state index is -3.65. The van der Waals surface area contributed by atoms with Crippen LogP contribution in [0.3, 0.4) is 0 Å². The number of sulfone groups is 1. The second-order valence-electron chi connectivity index (χ2n) is 4.07. The number of hydrogen-bond donors (Lipinski definition) is 0. The first-order valence-corrected chi connectivity index (χ1v) is 7.38. The lowest BCUT2D eigenvalue weighted by Gasteiger charge is -2.07. The zero-order valence-corrected chi connectivity index (χ0v) is 11.2. The summed E-state index contributed by atoms with van der Waals surface area (Å²) in [7, 11) is -3.65. The van der Waals surface area contributed by atoms with Crippen LogP contribution >= 0.6 is 0 Å². The van der Waals surface area contributed by atoms with Crippen LogP contribution in [0.5, 0.6) is 0 Å². The molecule has 0 bridgehead atoms. The van der Waals surface area contributed by atoms with Crippen molar-refractivity contribution in [3.8, 4) is 11.5 Å². The molecule has 0 aliphatic carbocycles. The summed E-state index contributed by atoms with van der Waals surface area (Å²) in [6.45, 7) is 0. The molecular formula is C15H10NO3S. The molecule has 20 heavy (non-hydrogen) atoms. The second-order valence-corrected chi connectivity index (χ2v) is 5.95. The molecule has 3 aromatic rings. The summed E-state index contributed by atoms with van der Waals surface area (Å²) in [5, 5.41) is 0. The number of aromatic nitrogens is 1. The van der Waals surface area contributed by atoms with Gasteiger partial charge in [0.2, 0.25) is 15.7 Å². The maximum Gasteiger partial charge on any atom is 0.227 e. The SMILES string of the molecule is O=S(=O)(c1ccccc1)c1[c]cccc1-c1ncco1. The molecule has 0 aliphatic rings. The first kappa shape index (κ1) is 12.6. The van der Waals surface area contributed by atoms with Crippen LogP contribution in [0.1, 0.15) is 0 Å². The molecule has 4 nitrogen and oxygen atoms in total. The van der Waals surface area contributed by atoms with Gasteiger partial charge in [-0.2, -0.15) is 0 Å². The Morgan fingerprint density at radius 3 is 2.55 bits per heavy atom. The highest BCUT2D eigenvalue weighted by atomic mass is 32.2. The Balaban J connectivity index is 2.21. The highest BCUT2D eigenvalue weighted by Crippen LogP contribution is 2.29. The lowest BCUT2D eigenvalue weighted by molar-refractivity contribution is 0.570. The van der Waals surface area contributed by atoms with Gasteiger partial charge >= 0.3 is 0 Å². The van der Waals surface area contributed by atoms with E-state index in [0.717, 1.165) is 0 Å². The summed E-state index contributed by atoms with van der Waals surface area (Å²) in [5.41, 5.74) is 0.404. The van der Waals surface area contributed by atoms with Gasteiger partial charge in [-0.15, -0.1) is 0 Å². The van der Waals surface area contributed by atoms with E-state index in [1.165, 1.54) is 12.5 Å². The van der Waals surface area contributed by atoms with Crippen molar-refractivity contribution >= 4 is 9.84 Å². The lowest BCUT2D eigenvalue weighted by atomic mass is 10.2. The third kappa shape index (κ3) is 2.12. The Morgan fingerprint density at radius 2 is 1.85 bits per heavy atom. The van der Waals surface area contributed by atoms with Crippen LogP contribution in [-0.4, -0.2) is 13.4 Å². The fourth-order valence-corrected chi connectivity index (χ4v) is 3.31. The predicted molar refractivity (Wildman–Crippen MR) is 72.7 cm³/mol. The van der Waals surface area contributed by atoms with Crippen molar-refractivity contribution in [2.45, 2.75) is 9.79 Å². The smallest absolute Gasteiger partial charge is 0.227 e. The van der Waals surface area contributed by atoms with Crippen LogP contribution in [0, 0.1) is 6.07 Å². The molecule has 1 aromatic heterocycles. The summed E-state index contributed by atoms with van der Waals surface area (Å²) in [6.07, 6.45) is 2.88. The second kappa shape index (κ2) is 4.94. The van der Waals surface area contributed by atoms with Gasteiger partial charge in [-0.3, -0.25) is 0 Å². The molecule has 0 spiro atoms. The molecule has 0 unspecified atom stereocenters. The average Bonchev–Trinajstić information content (AvgIpc) is 3.02. The molecule has 3 rings (SSSR count). The normalized spacial score (nSPS) is 11.4. The Hall–Kier alpha value is -2.40.